The van der Waals surface area contributed by atoms with Gasteiger partial charge in [-0.15, -0.1) is 0 Å². The molecule has 0 spiro atoms. The molecule has 0 saturated carbocycles. The Morgan fingerprint density at radius 3 is 2.18 bits per heavy atom. The molecule has 1 atom stereocenters. The van der Waals surface area contributed by atoms with E-state index in [0.29, 0.717) is 12.8 Å². The van der Waals surface area contributed by atoms with E-state index in [-0.39, 0.29) is 17.4 Å². The van der Waals surface area contributed by atoms with Crippen LogP contribution in [0.3, 0.4) is 0 Å². The smallest absolute Gasteiger partial charge is 0.303 e. The number of carbonyl (C=O) groups is 1. The highest BCUT2D eigenvalue weighted by Crippen LogP contribution is 2.24. The van der Waals surface area contributed by atoms with Crippen LogP contribution in [0.2, 0.25) is 0 Å². The summed E-state index contributed by atoms with van der Waals surface area (Å²) in [5, 5.41) is 8.66. The van der Waals surface area contributed by atoms with Gasteiger partial charge in [0, 0.05) is 16.9 Å². The number of carboxylic acids is 1. The Morgan fingerprint density at radius 1 is 0.929 bits per heavy atom. The number of aliphatic carboxylic acids is 1. The molecular weight excluding hydrogens is 442 g/mol. The van der Waals surface area contributed by atoms with Gasteiger partial charge in [0.25, 0.3) is 0 Å². The Kier molecular flexibility index (Phi) is 9.15. The minimum atomic E-state index is -3.62. The lowest BCUT2D eigenvalue weighted by molar-refractivity contribution is -0.137. The van der Waals surface area contributed by atoms with Crippen molar-refractivity contribution in [3.05, 3.63) is 64.6 Å². The normalized spacial score (nSPS) is 12.6. The van der Waals surface area contributed by atoms with Gasteiger partial charge in [0.2, 0.25) is 10.0 Å². The van der Waals surface area contributed by atoms with Crippen LogP contribution < -0.4 is 4.72 Å². The molecule has 152 valence electrons. The van der Waals surface area contributed by atoms with E-state index in [2.05, 4.69) is 20.7 Å². The second-order valence-electron chi connectivity index (χ2n) is 6.74. The first-order chi connectivity index (χ1) is 13.4. The Morgan fingerprint density at radius 2 is 1.54 bits per heavy atom. The number of sulfonamides is 1. The van der Waals surface area contributed by atoms with Gasteiger partial charge in [-0.2, -0.15) is 0 Å². The standard InChI is InChI=1S/C21H26BrNO4S/c22-18-13-15-19(16-14-18)28(26,27)23-20(17-9-5-4-6-10-17)11-7-2-1-3-8-12-21(24)25/h4-6,9-10,13-16,20,23H,1-3,7-8,11-12H2,(H,24,25). The molecule has 0 radical (unpaired) electrons. The average molecular weight is 468 g/mol. The molecule has 2 N–H and O–H groups in total. The largest absolute Gasteiger partial charge is 0.481 e. The fourth-order valence-electron chi connectivity index (χ4n) is 3.00. The third-order valence-electron chi connectivity index (χ3n) is 4.51. The number of carboxylic acid groups (broad SMARTS) is 1. The molecule has 28 heavy (non-hydrogen) atoms. The molecule has 0 aliphatic carbocycles. The van der Waals surface area contributed by atoms with Crippen molar-refractivity contribution in [3.63, 3.8) is 0 Å². The summed E-state index contributed by atoms with van der Waals surface area (Å²) in [6, 6.07) is 15.9. The molecule has 0 aliphatic rings. The van der Waals surface area contributed by atoms with Crippen LogP contribution in [0.4, 0.5) is 0 Å². The van der Waals surface area contributed by atoms with Gasteiger partial charge in [-0.1, -0.05) is 71.9 Å². The second-order valence-corrected chi connectivity index (χ2v) is 9.37. The molecule has 5 nitrogen and oxygen atoms in total. The van der Waals surface area contributed by atoms with E-state index >= 15 is 0 Å². The summed E-state index contributed by atoms with van der Waals surface area (Å²) >= 11 is 3.32. The van der Waals surface area contributed by atoms with Crippen LogP contribution in [0, 0.1) is 0 Å². The molecule has 7 heteroatoms. The molecule has 0 bridgehead atoms. The predicted molar refractivity (Wildman–Crippen MR) is 114 cm³/mol. The maximum Gasteiger partial charge on any atom is 0.303 e. The first kappa shape index (κ1) is 22.6. The summed E-state index contributed by atoms with van der Waals surface area (Å²) in [5.74, 6) is -0.758. The number of halogens is 1. The van der Waals surface area contributed by atoms with E-state index < -0.39 is 16.0 Å². The van der Waals surface area contributed by atoms with Gasteiger partial charge in [0.15, 0.2) is 0 Å². The van der Waals surface area contributed by atoms with E-state index in [1.54, 1.807) is 24.3 Å². The molecule has 0 saturated heterocycles. The molecule has 2 aromatic carbocycles. The van der Waals surface area contributed by atoms with E-state index in [0.717, 1.165) is 35.7 Å². The van der Waals surface area contributed by atoms with Crippen LogP contribution in [0.1, 0.15) is 56.6 Å². The van der Waals surface area contributed by atoms with Crippen molar-refractivity contribution in [2.24, 2.45) is 0 Å². The first-order valence-corrected chi connectivity index (χ1v) is 11.7. The minimum Gasteiger partial charge on any atom is -0.481 e. The highest BCUT2D eigenvalue weighted by atomic mass is 79.9. The van der Waals surface area contributed by atoms with E-state index in [9.17, 15) is 13.2 Å². The maximum absolute atomic E-state index is 12.8. The van der Waals surface area contributed by atoms with Gasteiger partial charge in [-0.05, 0) is 42.7 Å². The van der Waals surface area contributed by atoms with Crippen molar-refractivity contribution in [1.82, 2.24) is 4.72 Å². The predicted octanol–water partition coefficient (Wildman–Crippen LogP) is 5.28. The van der Waals surface area contributed by atoms with Crippen LogP contribution in [-0.4, -0.2) is 19.5 Å². The number of rotatable bonds is 12. The molecule has 0 heterocycles. The lowest BCUT2D eigenvalue weighted by atomic mass is 10.0. The lowest BCUT2D eigenvalue weighted by Crippen LogP contribution is -2.28. The van der Waals surface area contributed by atoms with Gasteiger partial charge >= 0.3 is 5.97 Å². The summed E-state index contributed by atoms with van der Waals surface area (Å²) in [5.41, 5.74) is 0.939. The average Bonchev–Trinajstić information content (AvgIpc) is 2.67. The van der Waals surface area contributed by atoms with Crippen LogP contribution in [0.5, 0.6) is 0 Å². The minimum absolute atomic E-state index is 0.208. The van der Waals surface area contributed by atoms with Crippen LogP contribution in [0.25, 0.3) is 0 Å². The number of hydrogen-bond donors (Lipinski definition) is 2. The first-order valence-electron chi connectivity index (χ1n) is 9.43. The highest BCUT2D eigenvalue weighted by Gasteiger charge is 2.21. The van der Waals surface area contributed by atoms with Crippen LogP contribution >= 0.6 is 15.9 Å². The number of benzene rings is 2. The van der Waals surface area contributed by atoms with E-state index in [4.69, 9.17) is 5.11 Å². The van der Waals surface area contributed by atoms with Crippen LogP contribution in [-0.2, 0) is 14.8 Å². The third-order valence-corrected chi connectivity index (χ3v) is 6.52. The van der Waals surface area contributed by atoms with Crippen molar-refractivity contribution < 1.29 is 18.3 Å². The zero-order chi connectivity index (χ0) is 20.4. The summed E-state index contributed by atoms with van der Waals surface area (Å²) in [4.78, 5) is 10.8. The van der Waals surface area contributed by atoms with Crippen molar-refractivity contribution in [2.45, 2.75) is 55.9 Å². The number of unbranched alkanes of at least 4 members (excludes halogenated alkanes) is 4. The molecule has 1 unspecified atom stereocenters. The fraction of sp³-hybridized carbons (Fsp3) is 0.381. The highest BCUT2D eigenvalue weighted by molar-refractivity contribution is 9.10. The topological polar surface area (TPSA) is 83.5 Å². The van der Waals surface area contributed by atoms with Gasteiger partial charge in [-0.3, -0.25) is 4.79 Å². The van der Waals surface area contributed by atoms with Crippen molar-refractivity contribution >= 4 is 31.9 Å². The van der Waals surface area contributed by atoms with Gasteiger partial charge in [0.1, 0.15) is 0 Å². The monoisotopic (exact) mass is 467 g/mol. The molecular formula is C21H26BrNO4S. The van der Waals surface area contributed by atoms with Gasteiger partial charge in [0.05, 0.1) is 4.90 Å². The molecule has 2 rings (SSSR count). The summed E-state index contributed by atoms with van der Waals surface area (Å²) in [7, 11) is -3.62. The molecule has 0 aliphatic heterocycles. The van der Waals surface area contributed by atoms with Crippen molar-refractivity contribution in [2.75, 3.05) is 0 Å². The molecule has 0 aromatic heterocycles. The summed E-state index contributed by atoms with van der Waals surface area (Å²) in [6.07, 6.45) is 5.24. The maximum atomic E-state index is 12.8. The summed E-state index contributed by atoms with van der Waals surface area (Å²) < 4.78 is 29.2. The summed E-state index contributed by atoms with van der Waals surface area (Å²) in [6.45, 7) is 0. The Labute approximate surface area is 175 Å². The Hall–Kier alpha value is -1.70. The lowest BCUT2D eigenvalue weighted by Gasteiger charge is -2.19. The zero-order valence-corrected chi connectivity index (χ0v) is 18.1. The van der Waals surface area contributed by atoms with E-state index in [1.807, 2.05) is 30.3 Å². The van der Waals surface area contributed by atoms with Crippen molar-refractivity contribution in [1.29, 1.82) is 0 Å². The molecule has 0 amide bonds. The van der Waals surface area contributed by atoms with Gasteiger partial charge in [-0.25, -0.2) is 13.1 Å². The molecule has 2 aromatic rings. The van der Waals surface area contributed by atoms with Crippen molar-refractivity contribution in [3.8, 4) is 0 Å². The SMILES string of the molecule is O=C(O)CCCCCCCC(NS(=O)(=O)c1ccc(Br)cc1)c1ccccc1. The Bertz CT molecular complexity index is 838. The third kappa shape index (κ3) is 7.73. The van der Waals surface area contributed by atoms with Gasteiger partial charge < -0.3 is 5.11 Å². The number of hydrogen-bond acceptors (Lipinski definition) is 3. The fourth-order valence-corrected chi connectivity index (χ4v) is 4.53. The second kappa shape index (κ2) is 11.3. The van der Waals surface area contributed by atoms with E-state index in [1.165, 1.54) is 0 Å². The zero-order valence-electron chi connectivity index (χ0n) is 15.7. The molecule has 0 fully saturated rings. The quantitative estimate of drug-likeness (QED) is 0.415. The number of nitrogens with one attached hydrogen (secondary N) is 1. The Balaban J connectivity index is 1.96. The van der Waals surface area contributed by atoms with Crippen LogP contribution in [0.15, 0.2) is 64.0 Å².